The van der Waals surface area contributed by atoms with E-state index in [9.17, 15) is 25.0 Å². The summed E-state index contributed by atoms with van der Waals surface area (Å²) in [6.45, 7) is 1.87. The van der Waals surface area contributed by atoms with Gasteiger partial charge in [-0.3, -0.25) is 35.9 Å². The second kappa shape index (κ2) is 8.60. The van der Waals surface area contributed by atoms with E-state index < -0.39 is 27.1 Å². The lowest BCUT2D eigenvalue weighted by Crippen LogP contribution is -2.30. The summed E-state index contributed by atoms with van der Waals surface area (Å²) < 4.78 is 0. The Hall–Kier alpha value is -4.61. The van der Waals surface area contributed by atoms with Gasteiger partial charge in [0.1, 0.15) is 11.9 Å². The van der Waals surface area contributed by atoms with Crippen molar-refractivity contribution >= 4 is 34.6 Å². The summed E-state index contributed by atoms with van der Waals surface area (Å²) in [4.78, 5) is 41.3. The molecule has 152 valence electrons. The third-order valence-electron chi connectivity index (χ3n) is 3.93. The molecule has 1 aromatic heterocycles. The summed E-state index contributed by atoms with van der Waals surface area (Å²) in [7, 11) is 0. The molecular weight excluding hydrogens is 394 g/mol. The zero-order chi connectivity index (χ0) is 21.7. The van der Waals surface area contributed by atoms with Crippen LogP contribution in [0.5, 0.6) is 0 Å². The highest BCUT2D eigenvalue weighted by molar-refractivity contribution is 5.98. The van der Waals surface area contributed by atoms with Crippen LogP contribution in [0.1, 0.15) is 15.9 Å². The SMILES string of the molecule is Cc1cccc(Nc2ncnc(NNC(=O)c3ccccc3[N+](=O)[O-])c2[N+](=O)[O-])c1. The molecule has 0 aliphatic carbocycles. The number of benzene rings is 2. The van der Waals surface area contributed by atoms with E-state index in [1.807, 2.05) is 13.0 Å². The van der Waals surface area contributed by atoms with Gasteiger partial charge in [0, 0.05) is 11.8 Å². The number of para-hydroxylation sites is 1. The lowest BCUT2D eigenvalue weighted by molar-refractivity contribution is -0.385. The van der Waals surface area contributed by atoms with E-state index in [1.54, 1.807) is 18.2 Å². The standard InChI is InChI=1S/C18H15N7O5/c1-11-5-4-6-12(9-11)21-16-15(25(29)30)17(20-10-19-16)22-23-18(26)13-7-2-3-8-14(13)24(27)28/h2-10H,1H3,(H,23,26)(H2,19,20,21,22). The molecule has 0 fully saturated rings. The second-order valence-electron chi connectivity index (χ2n) is 6.02. The third kappa shape index (κ3) is 4.44. The minimum Gasteiger partial charge on any atom is -0.334 e. The molecule has 12 nitrogen and oxygen atoms in total. The number of carbonyl (C=O) groups excluding carboxylic acids is 1. The first-order valence-electron chi connectivity index (χ1n) is 8.49. The first-order valence-corrected chi connectivity index (χ1v) is 8.49. The molecule has 3 rings (SSSR count). The highest BCUT2D eigenvalue weighted by Crippen LogP contribution is 2.31. The third-order valence-corrected chi connectivity index (χ3v) is 3.93. The fourth-order valence-corrected chi connectivity index (χ4v) is 2.60. The molecule has 1 amide bonds. The van der Waals surface area contributed by atoms with Gasteiger partial charge in [0.15, 0.2) is 0 Å². The van der Waals surface area contributed by atoms with Gasteiger partial charge < -0.3 is 5.32 Å². The second-order valence-corrected chi connectivity index (χ2v) is 6.02. The lowest BCUT2D eigenvalue weighted by Gasteiger charge is -2.11. The summed E-state index contributed by atoms with van der Waals surface area (Å²) in [5.74, 6) is -1.25. The topological polar surface area (TPSA) is 165 Å². The molecule has 0 radical (unpaired) electrons. The summed E-state index contributed by atoms with van der Waals surface area (Å²) >= 11 is 0. The van der Waals surface area contributed by atoms with E-state index in [2.05, 4.69) is 26.1 Å². The largest absolute Gasteiger partial charge is 0.355 e. The fourth-order valence-electron chi connectivity index (χ4n) is 2.60. The molecule has 0 aliphatic heterocycles. The molecule has 0 aliphatic rings. The Bertz CT molecular complexity index is 1140. The van der Waals surface area contributed by atoms with Crippen LogP contribution < -0.4 is 16.2 Å². The van der Waals surface area contributed by atoms with E-state index in [1.165, 1.54) is 24.3 Å². The monoisotopic (exact) mass is 409 g/mol. The van der Waals surface area contributed by atoms with Crippen molar-refractivity contribution in [3.8, 4) is 0 Å². The number of aryl methyl sites for hydroxylation is 1. The number of hydrazine groups is 1. The number of nitrogens with one attached hydrogen (secondary N) is 3. The molecule has 0 unspecified atom stereocenters. The van der Waals surface area contributed by atoms with Gasteiger partial charge in [-0.25, -0.2) is 9.97 Å². The Morgan fingerprint density at radius 3 is 2.40 bits per heavy atom. The van der Waals surface area contributed by atoms with Crippen molar-refractivity contribution < 1.29 is 14.6 Å². The zero-order valence-electron chi connectivity index (χ0n) is 15.5. The van der Waals surface area contributed by atoms with Gasteiger partial charge in [0.25, 0.3) is 11.6 Å². The maximum atomic E-state index is 12.3. The molecule has 0 spiro atoms. The number of amides is 1. The molecule has 3 aromatic rings. The Morgan fingerprint density at radius 2 is 1.70 bits per heavy atom. The number of hydrogen-bond donors (Lipinski definition) is 3. The van der Waals surface area contributed by atoms with E-state index in [-0.39, 0.29) is 17.2 Å². The zero-order valence-corrected chi connectivity index (χ0v) is 15.5. The number of nitrogens with zero attached hydrogens (tertiary/aromatic N) is 4. The molecule has 0 atom stereocenters. The predicted molar refractivity (Wildman–Crippen MR) is 107 cm³/mol. The van der Waals surface area contributed by atoms with E-state index >= 15 is 0 Å². The molecular formula is C18H15N7O5. The molecule has 0 saturated heterocycles. The quantitative estimate of drug-likeness (QED) is 0.392. The van der Waals surface area contributed by atoms with Gasteiger partial charge in [-0.05, 0) is 30.7 Å². The van der Waals surface area contributed by atoms with Crippen LogP contribution in [0, 0.1) is 27.2 Å². The molecule has 3 N–H and O–H groups in total. The van der Waals surface area contributed by atoms with Crippen molar-refractivity contribution in [2.75, 3.05) is 10.7 Å². The number of carbonyl (C=O) groups is 1. The van der Waals surface area contributed by atoms with Crippen LogP contribution in [0.3, 0.4) is 0 Å². The highest BCUT2D eigenvalue weighted by atomic mass is 16.6. The molecule has 30 heavy (non-hydrogen) atoms. The fraction of sp³-hybridized carbons (Fsp3) is 0.0556. The molecule has 0 bridgehead atoms. The predicted octanol–water partition coefficient (Wildman–Crippen LogP) is 3.10. The maximum Gasteiger partial charge on any atom is 0.355 e. The van der Waals surface area contributed by atoms with Crippen LogP contribution in [-0.2, 0) is 0 Å². The van der Waals surface area contributed by atoms with Gasteiger partial charge in [0.05, 0.1) is 9.85 Å². The molecule has 0 saturated carbocycles. The number of aromatic nitrogens is 2. The van der Waals surface area contributed by atoms with Crippen LogP contribution in [0.4, 0.5) is 28.7 Å². The normalized spacial score (nSPS) is 10.2. The van der Waals surface area contributed by atoms with Crippen molar-refractivity contribution in [1.29, 1.82) is 0 Å². The van der Waals surface area contributed by atoms with E-state index in [0.717, 1.165) is 11.9 Å². The van der Waals surface area contributed by atoms with Crippen molar-refractivity contribution in [3.63, 3.8) is 0 Å². The molecule has 2 aromatic carbocycles. The minimum absolute atomic E-state index is 0.0944. The maximum absolute atomic E-state index is 12.3. The van der Waals surface area contributed by atoms with E-state index in [4.69, 9.17) is 0 Å². The first-order chi connectivity index (χ1) is 14.4. The Balaban J connectivity index is 1.85. The highest BCUT2D eigenvalue weighted by Gasteiger charge is 2.25. The molecule has 12 heteroatoms. The summed E-state index contributed by atoms with van der Waals surface area (Å²) in [6.07, 6.45) is 1.07. The average Bonchev–Trinajstić information content (AvgIpc) is 2.71. The van der Waals surface area contributed by atoms with Crippen LogP contribution >= 0.6 is 0 Å². The first kappa shape index (κ1) is 20.1. The van der Waals surface area contributed by atoms with Crippen LogP contribution in [0.2, 0.25) is 0 Å². The minimum atomic E-state index is -0.858. The van der Waals surface area contributed by atoms with Crippen molar-refractivity contribution in [3.05, 3.63) is 86.2 Å². The van der Waals surface area contributed by atoms with Gasteiger partial charge in [-0.1, -0.05) is 24.3 Å². The Morgan fingerprint density at radius 1 is 0.967 bits per heavy atom. The van der Waals surface area contributed by atoms with Crippen LogP contribution in [0.15, 0.2) is 54.9 Å². The van der Waals surface area contributed by atoms with Crippen molar-refractivity contribution in [2.24, 2.45) is 0 Å². The van der Waals surface area contributed by atoms with E-state index in [0.29, 0.717) is 5.69 Å². The summed E-state index contributed by atoms with van der Waals surface area (Å²) in [5.41, 5.74) is 4.91. The lowest BCUT2D eigenvalue weighted by atomic mass is 10.2. The number of nitro groups is 2. The van der Waals surface area contributed by atoms with Gasteiger partial charge >= 0.3 is 5.69 Å². The van der Waals surface area contributed by atoms with Gasteiger partial charge in [-0.2, -0.15) is 0 Å². The Labute approximate surface area is 169 Å². The number of anilines is 3. The van der Waals surface area contributed by atoms with Gasteiger partial charge in [0.2, 0.25) is 11.6 Å². The average molecular weight is 409 g/mol. The summed E-state index contributed by atoms with van der Waals surface area (Å²) in [5, 5.41) is 25.5. The van der Waals surface area contributed by atoms with Crippen LogP contribution in [-0.4, -0.2) is 25.7 Å². The van der Waals surface area contributed by atoms with Crippen molar-refractivity contribution in [2.45, 2.75) is 6.92 Å². The number of hydrogen-bond acceptors (Lipinski definition) is 9. The van der Waals surface area contributed by atoms with Crippen LogP contribution in [0.25, 0.3) is 0 Å². The number of nitro benzene ring substituents is 1. The smallest absolute Gasteiger partial charge is 0.334 e. The van der Waals surface area contributed by atoms with Crippen molar-refractivity contribution in [1.82, 2.24) is 15.4 Å². The van der Waals surface area contributed by atoms with Gasteiger partial charge in [-0.15, -0.1) is 0 Å². The molecule has 1 heterocycles. The Kier molecular flexibility index (Phi) is 5.77. The number of rotatable bonds is 7. The summed E-state index contributed by atoms with van der Waals surface area (Å²) in [6, 6.07) is 12.4.